The summed E-state index contributed by atoms with van der Waals surface area (Å²) in [6.07, 6.45) is 6.36. The number of anilines is 1. The Morgan fingerprint density at radius 3 is 2.76 bits per heavy atom. The molecular formula is C23H24N4O2. The summed E-state index contributed by atoms with van der Waals surface area (Å²) >= 11 is 0. The van der Waals surface area contributed by atoms with Crippen LogP contribution in [0.5, 0.6) is 0 Å². The minimum absolute atomic E-state index is 0.105. The highest BCUT2D eigenvalue weighted by molar-refractivity contribution is 5.94. The molecule has 0 aliphatic carbocycles. The zero-order valence-corrected chi connectivity index (χ0v) is 16.5. The summed E-state index contributed by atoms with van der Waals surface area (Å²) < 4.78 is 1.44. The summed E-state index contributed by atoms with van der Waals surface area (Å²) in [6.45, 7) is 3.24. The molecule has 1 aromatic carbocycles. The first-order valence-corrected chi connectivity index (χ1v) is 10.0. The first kappa shape index (κ1) is 19.1. The maximum Gasteiger partial charge on any atom is 0.266 e. The van der Waals surface area contributed by atoms with Gasteiger partial charge in [0, 0.05) is 49.2 Å². The fourth-order valence-electron chi connectivity index (χ4n) is 3.79. The quantitative estimate of drug-likeness (QED) is 0.672. The zero-order chi connectivity index (χ0) is 20.2. The summed E-state index contributed by atoms with van der Waals surface area (Å²) in [5, 5.41) is 4.45. The largest absolute Gasteiger partial charge is 0.312 e. The summed E-state index contributed by atoms with van der Waals surface area (Å²) in [6, 6.07) is 13.2. The minimum Gasteiger partial charge on any atom is -0.312 e. The predicted octanol–water partition coefficient (Wildman–Crippen LogP) is 3.37. The van der Waals surface area contributed by atoms with E-state index in [1.54, 1.807) is 18.5 Å². The van der Waals surface area contributed by atoms with Crippen molar-refractivity contribution in [1.29, 1.82) is 0 Å². The normalized spacial score (nSPS) is 13.2. The molecule has 1 aliphatic rings. The Bertz CT molecular complexity index is 1080. The van der Waals surface area contributed by atoms with Gasteiger partial charge in [-0.25, -0.2) is 4.68 Å². The van der Waals surface area contributed by atoms with Crippen molar-refractivity contribution in [2.24, 2.45) is 0 Å². The molecule has 0 radical (unpaired) electrons. The van der Waals surface area contributed by atoms with E-state index < -0.39 is 0 Å². The Labute approximate surface area is 169 Å². The predicted molar refractivity (Wildman–Crippen MR) is 113 cm³/mol. The third kappa shape index (κ3) is 4.26. The molecule has 0 spiro atoms. The lowest BCUT2D eigenvalue weighted by atomic mass is 9.99. The Hall–Kier alpha value is -3.28. The third-order valence-corrected chi connectivity index (χ3v) is 5.26. The molecule has 0 N–H and O–H groups in total. The highest BCUT2D eigenvalue weighted by Gasteiger charge is 2.22. The second kappa shape index (κ2) is 8.39. The molecule has 0 fully saturated rings. The van der Waals surface area contributed by atoms with Crippen LogP contribution < -0.4 is 10.5 Å². The maximum atomic E-state index is 12.8. The van der Waals surface area contributed by atoms with Crippen molar-refractivity contribution in [3.05, 3.63) is 76.3 Å². The van der Waals surface area contributed by atoms with Gasteiger partial charge < -0.3 is 4.90 Å². The van der Waals surface area contributed by atoms with Crippen LogP contribution in [-0.4, -0.2) is 27.2 Å². The van der Waals surface area contributed by atoms with E-state index >= 15 is 0 Å². The van der Waals surface area contributed by atoms with Gasteiger partial charge in [0.05, 0.1) is 5.69 Å². The van der Waals surface area contributed by atoms with Crippen LogP contribution in [0.1, 0.15) is 30.4 Å². The van der Waals surface area contributed by atoms with Crippen LogP contribution in [0.25, 0.3) is 11.3 Å². The van der Waals surface area contributed by atoms with Crippen LogP contribution in [-0.2, 0) is 17.8 Å². The van der Waals surface area contributed by atoms with Gasteiger partial charge in [0.1, 0.15) is 0 Å². The number of aromatic nitrogens is 3. The number of amides is 1. The number of nitrogens with zero attached hydrogens (tertiary/aromatic N) is 4. The smallest absolute Gasteiger partial charge is 0.266 e. The van der Waals surface area contributed by atoms with Crippen LogP contribution in [0.3, 0.4) is 0 Å². The van der Waals surface area contributed by atoms with Crippen molar-refractivity contribution >= 4 is 11.6 Å². The van der Waals surface area contributed by atoms with Gasteiger partial charge in [-0.2, -0.15) is 5.10 Å². The number of carbonyl (C=O) groups excluding carboxylic acids is 1. The van der Waals surface area contributed by atoms with E-state index in [9.17, 15) is 9.59 Å². The van der Waals surface area contributed by atoms with Crippen LogP contribution in [0.2, 0.25) is 0 Å². The molecular weight excluding hydrogens is 364 g/mol. The first-order chi connectivity index (χ1) is 14.1. The summed E-state index contributed by atoms with van der Waals surface area (Å²) in [5.41, 5.74) is 4.96. The Balaban J connectivity index is 1.42. The SMILES string of the molecule is Cc1ccc2c(c1)CCCN2C(=O)CCCn1nc(-c2ccncc2)ccc1=O. The average Bonchev–Trinajstić information content (AvgIpc) is 2.75. The first-order valence-electron chi connectivity index (χ1n) is 10.0. The molecule has 6 heteroatoms. The molecule has 2 aromatic heterocycles. The molecule has 1 amide bonds. The Kier molecular flexibility index (Phi) is 5.51. The van der Waals surface area contributed by atoms with E-state index in [-0.39, 0.29) is 11.5 Å². The number of rotatable bonds is 5. The molecule has 0 unspecified atom stereocenters. The number of fused-ring (bicyclic) bond motifs is 1. The minimum atomic E-state index is -0.158. The highest BCUT2D eigenvalue weighted by Crippen LogP contribution is 2.28. The Morgan fingerprint density at radius 1 is 1.10 bits per heavy atom. The molecule has 1 aliphatic heterocycles. The third-order valence-electron chi connectivity index (χ3n) is 5.26. The molecule has 3 heterocycles. The standard InChI is InChI=1S/C23H24N4O2/c1-17-6-8-21-19(16-17)4-2-14-26(21)22(28)5-3-15-27-23(29)9-7-20(25-27)18-10-12-24-13-11-18/h6-13,16H,2-5,14-15H2,1H3. The number of benzene rings is 1. The van der Waals surface area contributed by atoms with Gasteiger partial charge in [0.15, 0.2) is 0 Å². The van der Waals surface area contributed by atoms with E-state index in [1.165, 1.54) is 21.9 Å². The summed E-state index contributed by atoms with van der Waals surface area (Å²) in [5.74, 6) is 0.105. The van der Waals surface area contributed by atoms with Gasteiger partial charge >= 0.3 is 0 Å². The second-order valence-electron chi connectivity index (χ2n) is 7.40. The number of carbonyl (C=O) groups is 1. The van der Waals surface area contributed by atoms with Crippen LogP contribution in [0, 0.1) is 6.92 Å². The van der Waals surface area contributed by atoms with Gasteiger partial charge in [0.2, 0.25) is 5.91 Å². The van der Waals surface area contributed by atoms with Crippen molar-refractivity contribution in [3.63, 3.8) is 0 Å². The molecule has 29 heavy (non-hydrogen) atoms. The van der Waals surface area contributed by atoms with Crippen LogP contribution in [0.15, 0.2) is 59.7 Å². The molecule has 3 aromatic rings. The van der Waals surface area contributed by atoms with Crippen molar-refractivity contribution in [2.75, 3.05) is 11.4 Å². The van der Waals surface area contributed by atoms with E-state index in [1.807, 2.05) is 23.1 Å². The fraction of sp³-hybridized carbons (Fsp3) is 0.304. The molecule has 0 saturated heterocycles. The molecule has 6 nitrogen and oxygen atoms in total. The van der Waals surface area contributed by atoms with Gasteiger partial charge in [-0.05, 0) is 56.0 Å². The Morgan fingerprint density at radius 2 is 1.93 bits per heavy atom. The van der Waals surface area contributed by atoms with E-state index in [2.05, 4.69) is 29.1 Å². The number of pyridine rings is 1. The van der Waals surface area contributed by atoms with E-state index in [4.69, 9.17) is 0 Å². The molecule has 0 bridgehead atoms. The second-order valence-corrected chi connectivity index (χ2v) is 7.40. The number of aryl methyl sites for hydroxylation is 3. The van der Waals surface area contributed by atoms with Gasteiger partial charge in [-0.15, -0.1) is 0 Å². The van der Waals surface area contributed by atoms with Crippen LogP contribution >= 0.6 is 0 Å². The maximum absolute atomic E-state index is 12.8. The highest BCUT2D eigenvalue weighted by atomic mass is 16.2. The van der Waals surface area contributed by atoms with Gasteiger partial charge in [-0.3, -0.25) is 14.6 Å². The molecule has 4 rings (SSSR count). The number of hydrogen-bond donors (Lipinski definition) is 0. The van der Waals surface area contributed by atoms with Gasteiger partial charge in [0.25, 0.3) is 5.56 Å². The summed E-state index contributed by atoms with van der Waals surface area (Å²) in [4.78, 5) is 30.9. The van der Waals surface area contributed by atoms with Crippen molar-refractivity contribution in [3.8, 4) is 11.3 Å². The van der Waals surface area contributed by atoms with Crippen molar-refractivity contribution in [1.82, 2.24) is 14.8 Å². The van der Waals surface area contributed by atoms with E-state index in [0.29, 0.717) is 19.4 Å². The zero-order valence-electron chi connectivity index (χ0n) is 16.5. The van der Waals surface area contributed by atoms with E-state index in [0.717, 1.165) is 36.3 Å². The molecule has 0 saturated carbocycles. The topological polar surface area (TPSA) is 68.1 Å². The fourth-order valence-corrected chi connectivity index (χ4v) is 3.79. The van der Waals surface area contributed by atoms with Crippen molar-refractivity contribution < 1.29 is 4.79 Å². The molecule has 0 atom stereocenters. The summed E-state index contributed by atoms with van der Waals surface area (Å²) in [7, 11) is 0. The lowest BCUT2D eigenvalue weighted by Crippen LogP contribution is -2.35. The average molecular weight is 388 g/mol. The molecule has 148 valence electrons. The lowest BCUT2D eigenvalue weighted by molar-refractivity contribution is -0.118. The van der Waals surface area contributed by atoms with Crippen molar-refractivity contribution in [2.45, 2.75) is 39.2 Å². The van der Waals surface area contributed by atoms with Gasteiger partial charge in [-0.1, -0.05) is 17.7 Å². The van der Waals surface area contributed by atoms with Crippen LogP contribution in [0.4, 0.5) is 5.69 Å². The monoisotopic (exact) mass is 388 g/mol. The number of hydrogen-bond acceptors (Lipinski definition) is 4. The lowest BCUT2D eigenvalue weighted by Gasteiger charge is -2.30.